The topological polar surface area (TPSA) is 95.9 Å². The quantitative estimate of drug-likeness (QED) is 0.0320. The Balaban J connectivity index is 3.37. The molecule has 0 rings (SSSR count). The first-order valence-electron chi connectivity index (χ1n) is 32.9. The molecule has 1 amide bonds. The van der Waals surface area contributed by atoms with Crippen LogP contribution in [0.1, 0.15) is 348 Å². The van der Waals surface area contributed by atoms with Gasteiger partial charge in [0.15, 0.2) is 0 Å². The molecule has 0 aromatic heterocycles. The van der Waals surface area contributed by atoms with Crippen molar-refractivity contribution in [2.75, 3.05) is 13.2 Å². The molecule has 3 N–H and O–H groups in total. The van der Waals surface area contributed by atoms with Gasteiger partial charge in [0.05, 0.1) is 25.4 Å². The number of rotatable bonds is 61. The van der Waals surface area contributed by atoms with Gasteiger partial charge in [-0.2, -0.15) is 0 Å². The van der Waals surface area contributed by atoms with Crippen LogP contribution in [0.2, 0.25) is 0 Å². The molecule has 74 heavy (non-hydrogen) atoms. The third kappa shape index (κ3) is 59.1. The molecule has 434 valence electrons. The molecule has 6 heteroatoms. The summed E-state index contributed by atoms with van der Waals surface area (Å²) in [5.41, 5.74) is 0. The largest absolute Gasteiger partial charge is 0.466 e. The summed E-state index contributed by atoms with van der Waals surface area (Å²) in [6, 6.07) is -0.626. The molecule has 6 nitrogen and oxygen atoms in total. The summed E-state index contributed by atoms with van der Waals surface area (Å²) >= 11 is 0. The Bertz CT molecular complexity index is 1240. The first kappa shape index (κ1) is 71.8. The van der Waals surface area contributed by atoms with Gasteiger partial charge in [-0.05, 0) is 89.9 Å². The molecule has 2 atom stereocenters. The fraction of sp³-hybridized carbons (Fsp3) is 0.853. The predicted molar refractivity (Wildman–Crippen MR) is 324 cm³/mol. The molecular formula is C68H127NO5. The number of aliphatic hydroxyl groups is 2. The van der Waals surface area contributed by atoms with Crippen molar-refractivity contribution < 1.29 is 24.5 Å². The van der Waals surface area contributed by atoms with E-state index in [1.54, 1.807) is 6.08 Å². The van der Waals surface area contributed by atoms with E-state index >= 15 is 0 Å². The zero-order valence-electron chi connectivity index (χ0n) is 49.6. The van der Waals surface area contributed by atoms with Crippen LogP contribution in [0.15, 0.2) is 48.6 Å². The number of hydrogen-bond donors (Lipinski definition) is 3. The van der Waals surface area contributed by atoms with E-state index in [1.807, 2.05) is 6.08 Å². The van der Waals surface area contributed by atoms with E-state index in [-0.39, 0.29) is 18.5 Å². The Hall–Kier alpha value is -2.18. The number of allylic oxidation sites excluding steroid dienone is 7. The highest BCUT2D eigenvalue weighted by molar-refractivity contribution is 5.76. The van der Waals surface area contributed by atoms with Crippen LogP contribution in [0.5, 0.6) is 0 Å². The summed E-state index contributed by atoms with van der Waals surface area (Å²) in [6.07, 6.45) is 81.8. The second-order valence-corrected chi connectivity index (χ2v) is 22.4. The van der Waals surface area contributed by atoms with Crippen molar-refractivity contribution in [3.05, 3.63) is 48.6 Å². The van der Waals surface area contributed by atoms with E-state index in [0.717, 1.165) is 51.4 Å². The van der Waals surface area contributed by atoms with Crippen LogP contribution in [-0.2, 0) is 14.3 Å². The molecule has 0 aliphatic carbocycles. The lowest BCUT2D eigenvalue weighted by atomic mass is 10.0. The summed E-state index contributed by atoms with van der Waals surface area (Å²) in [4.78, 5) is 24.5. The fourth-order valence-electron chi connectivity index (χ4n) is 10.0. The van der Waals surface area contributed by atoms with Crippen LogP contribution in [0.25, 0.3) is 0 Å². The highest BCUT2D eigenvalue weighted by Gasteiger charge is 2.18. The Morgan fingerprint density at radius 1 is 0.378 bits per heavy atom. The van der Waals surface area contributed by atoms with E-state index in [9.17, 15) is 19.8 Å². The maximum Gasteiger partial charge on any atom is 0.305 e. The normalized spacial score (nSPS) is 12.9. The number of ether oxygens (including phenoxy) is 1. The lowest BCUT2D eigenvalue weighted by Gasteiger charge is -2.20. The Kier molecular flexibility index (Phi) is 61.5. The van der Waals surface area contributed by atoms with Crippen LogP contribution in [0.3, 0.4) is 0 Å². The summed E-state index contributed by atoms with van der Waals surface area (Å²) in [5, 5.41) is 23.1. The molecule has 0 spiro atoms. The molecule has 0 radical (unpaired) electrons. The van der Waals surface area contributed by atoms with Gasteiger partial charge >= 0.3 is 5.97 Å². The fourth-order valence-corrected chi connectivity index (χ4v) is 10.0. The lowest BCUT2D eigenvalue weighted by Crippen LogP contribution is -2.45. The Morgan fingerprint density at radius 3 is 1.07 bits per heavy atom. The van der Waals surface area contributed by atoms with Gasteiger partial charge in [-0.3, -0.25) is 9.59 Å². The number of amides is 1. The van der Waals surface area contributed by atoms with Gasteiger partial charge < -0.3 is 20.3 Å². The van der Waals surface area contributed by atoms with Gasteiger partial charge in [-0.25, -0.2) is 0 Å². The van der Waals surface area contributed by atoms with Crippen LogP contribution in [-0.4, -0.2) is 47.4 Å². The highest BCUT2D eigenvalue weighted by Crippen LogP contribution is 2.17. The van der Waals surface area contributed by atoms with Crippen molar-refractivity contribution in [3.8, 4) is 0 Å². The third-order valence-electron chi connectivity index (χ3n) is 15.1. The second kappa shape index (κ2) is 63.4. The molecule has 0 aromatic carbocycles. The number of esters is 1. The number of hydrogen-bond acceptors (Lipinski definition) is 5. The molecule has 0 fully saturated rings. The van der Waals surface area contributed by atoms with Gasteiger partial charge in [-0.15, -0.1) is 0 Å². The van der Waals surface area contributed by atoms with Gasteiger partial charge in [0.1, 0.15) is 0 Å². The maximum absolute atomic E-state index is 12.4. The van der Waals surface area contributed by atoms with Crippen molar-refractivity contribution in [2.45, 2.75) is 360 Å². The molecule has 2 unspecified atom stereocenters. The van der Waals surface area contributed by atoms with Crippen molar-refractivity contribution in [2.24, 2.45) is 0 Å². The Morgan fingerprint density at radius 2 is 0.676 bits per heavy atom. The maximum atomic E-state index is 12.4. The van der Waals surface area contributed by atoms with Crippen LogP contribution in [0, 0.1) is 0 Å². The molecule has 0 heterocycles. The average Bonchev–Trinajstić information content (AvgIpc) is 3.40. The molecular weight excluding hydrogens is 911 g/mol. The van der Waals surface area contributed by atoms with Gasteiger partial charge in [0, 0.05) is 12.8 Å². The third-order valence-corrected chi connectivity index (χ3v) is 15.1. The van der Waals surface area contributed by atoms with Gasteiger partial charge in [-0.1, -0.05) is 294 Å². The zero-order valence-corrected chi connectivity index (χ0v) is 49.6. The summed E-state index contributed by atoms with van der Waals surface area (Å²) in [5.74, 6) is -0.0642. The Labute approximate surface area is 461 Å². The molecule has 0 aliphatic rings. The van der Waals surface area contributed by atoms with E-state index in [2.05, 4.69) is 55.6 Å². The molecule has 0 aliphatic heterocycles. The van der Waals surface area contributed by atoms with Crippen LogP contribution >= 0.6 is 0 Å². The standard InChI is InChI=1S/C68H127NO5/c1-3-5-7-9-11-13-15-17-34-38-42-46-50-54-58-62-68(73)74-63-59-55-51-47-43-39-36-33-31-29-27-25-23-21-19-18-20-22-24-26-28-30-32-35-37-41-45-49-53-57-61-67(72)69-65(64-70)66(71)60-56-52-48-44-40-16-14-12-10-8-6-4-2/h11,13,17,19,21,34,56,60,65-66,70-71H,3-10,12,14-16,18,20,22-33,35-55,57-59,61-64H2,1-2H3,(H,69,72)/b13-11-,21-19-,34-17-,60-56+. The zero-order chi connectivity index (χ0) is 53.6. The summed E-state index contributed by atoms with van der Waals surface area (Å²) in [6.45, 7) is 4.88. The van der Waals surface area contributed by atoms with Crippen molar-refractivity contribution in [3.63, 3.8) is 0 Å². The van der Waals surface area contributed by atoms with Crippen LogP contribution < -0.4 is 5.32 Å². The first-order chi connectivity index (χ1) is 36.5. The molecule has 0 saturated heterocycles. The van der Waals surface area contributed by atoms with Crippen molar-refractivity contribution in [1.29, 1.82) is 0 Å². The van der Waals surface area contributed by atoms with E-state index < -0.39 is 12.1 Å². The summed E-state index contributed by atoms with van der Waals surface area (Å²) < 4.78 is 5.48. The smallest absolute Gasteiger partial charge is 0.305 e. The van der Waals surface area contributed by atoms with Crippen molar-refractivity contribution >= 4 is 11.9 Å². The van der Waals surface area contributed by atoms with E-state index in [1.165, 1.54) is 270 Å². The number of carbonyl (C=O) groups excluding carboxylic acids is 2. The van der Waals surface area contributed by atoms with Gasteiger partial charge in [0.25, 0.3) is 0 Å². The monoisotopic (exact) mass is 1040 g/mol. The predicted octanol–water partition coefficient (Wildman–Crippen LogP) is 20.9. The molecule has 0 bridgehead atoms. The number of aliphatic hydroxyl groups excluding tert-OH is 2. The molecule has 0 aromatic rings. The number of unbranched alkanes of at least 4 members (excludes halogenated alkanes) is 44. The number of nitrogens with one attached hydrogen (secondary N) is 1. The minimum Gasteiger partial charge on any atom is -0.466 e. The number of carbonyl (C=O) groups is 2. The molecule has 0 saturated carbocycles. The van der Waals surface area contributed by atoms with Crippen LogP contribution in [0.4, 0.5) is 0 Å². The lowest BCUT2D eigenvalue weighted by molar-refractivity contribution is -0.143. The highest BCUT2D eigenvalue weighted by atomic mass is 16.5. The minimum atomic E-state index is -0.843. The van der Waals surface area contributed by atoms with E-state index in [0.29, 0.717) is 19.4 Å². The first-order valence-corrected chi connectivity index (χ1v) is 32.9. The second-order valence-electron chi connectivity index (χ2n) is 22.4. The minimum absolute atomic E-state index is 0.00252. The van der Waals surface area contributed by atoms with E-state index in [4.69, 9.17) is 4.74 Å². The van der Waals surface area contributed by atoms with Gasteiger partial charge in [0.2, 0.25) is 5.91 Å². The SMILES string of the molecule is CCCCC/C=C\C/C=C\CCCCCCCC(=O)OCCCCCCCCCCCCCC/C=C\CCCCCCCCCCCCCCCCC(=O)NC(CO)C(O)/C=C/CCCCCCCCCCCC. The van der Waals surface area contributed by atoms with Crippen molar-refractivity contribution in [1.82, 2.24) is 5.32 Å². The summed E-state index contributed by atoms with van der Waals surface area (Å²) in [7, 11) is 0. The average molecular weight is 1040 g/mol.